The molecule has 94 valence electrons. The summed E-state index contributed by atoms with van der Waals surface area (Å²) in [7, 11) is 0. The summed E-state index contributed by atoms with van der Waals surface area (Å²) in [5.41, 5.74) is 2.60. The summed E-state index contributed by atoms with van der Waals surface area (Å²) in [6.45, 7) is 4.29. The first kappa shape index (κ1) is 12.6. The Hall–Kier alpha value is -0.860. The fraction of sp³-hybridized carbons (Fsp3) is 0.600. The highest BCUT2D eigenvalue weighted by molar-refractivity contribution is 5.24. The number of hydrogen-bond acceptors (Lipinski definition) is 2. The van der Waals surface area contributed by atoms with E-state index in [2.05, 4.69) is 43.4 Å². The summed E-state index contributed by atoms with van der Waals surface area (Å²) in [6.07, 6.45) is 4.26. The molecule has 1 fully saturated rings. The van der Waals surface area contributed by atoms with Gasteiger partial charge in [0.25, 0.3) is 0 Å². The standard InChI is InChI=1S/C15H23NO/c1-11-6-5-7-13(10-11)12(2)16-14-8-3-4-9-15(14)17/h5-7,10,12,14-17H,3-4,8-9H2,1-2H3/t12-,14-,15-/m0/s1. The molecular formula is C15H23NO. The maximum Gasteiger partial charge on any atom is 0.0693 e. The Kier molecular flexibility index (Phi) is 4.19. The number of nitrogens with one attached hydrogen (secondary N) is 1. The van der Waals surface area contributed by atoms with Gasteiger partial charge in [0.15, 0.2) is 0 Å². The van der Waals surface area contributed by atoms with Crippen molar-refractivity contribution in [1.82, 2.24) is 5.32 Å². The molecule has 0 unspecified atom stereocenters. The van der Waals surface area contributed by atoms with Crippen LogP contribution in [-0.4, -0.2) is 17.3 Å². The molecule has 2 heteroatoms. The predicted molar refractivity (Wildman–Crippen MR) is 71.0 cm³/mol. The second-order valence-corrected chi connectivity index (χ2v) is 5.26. The van der Waals surface area contributed by atoms with Gasteiger partial charge in [-0.2, -0.15) is 0 Å². The largest absolute Gasteiger partial charge is 0.392 e. The van der Waals surface area contributed by atoms with Gasteiger partial charge in [0.05, 0.1) is 6.10 Å². The van der Waals surface area contributed by atoms with Crippen molar-refractivity contribution in [2.24, 2.45) is 0 Å². The van der Waals surface area contributed by atoms with Gasteiger partial charge in [-0.1, -0.05) is 42.7 Å². The molecule has 0 aliphatic heterocycles. The summed E-state index contributed by atoms with van der Waals surface area (Å²) < 4.78 is 0. The summed E-state index contributed by atoms with van der Waals surface area (Å²) in [5, 5.41) is 13.5. The molecule has 0 aromatic heterocycles. The van der Waals surface area contributed by atoms with E-state index in [9.17, 15) is 5.11 Å². The molecule has 1 aromatic carbocycles. The number of aliphatic hydroxyl groups excluding tert-OH is 1. The van der Waals surface area contributed by atoms with Gasteiger partial charge < -0.3 is 10.4 Å². The first-order valence-electron chi connectivity index (χ1n) is 6.67. The van der Waals surface area contributed by atoms with E-state index in [4.69, 9.17) is 0 Å². The molecule has 2 nitrogen and oxygen atoms in total. The van der Waals surface area contributed by atoms with E-state index < -0.39 is 0 Å². The zero-order chi connectivity index (χ0) is 12.3. The van der Waals surface area contributed by atoms with Crippen molar-refractivity contribution < 1.29 is 5.11 Å². The molecule has 0 saturated heterocycles. The summed E-state index contributed by atoms with van der Waals surface area (Å²) in [5.74, 6) is 0. The molecule has 0 bridgehead atoms. The van der Waals surface area contributed by atoms with Crippen LogP contribution in [-0.2, 0) is 0 Å². The van der Waals surface area contributed by atoms with Gasteiger partial charge in [0.2, 0.25) is 0 Å². The molecular weight excluding hydrogens is 210 g/mol. The fourth-order valence-electron chi connectivity index (χ4n) is 2.66. The van der Waals surface area contributed by atoms with Gasteiger partial charge in [-0.05, 0) is 32.3 Å². The lowest BCUT2D eigenvalue weighted by Crippen LogP contribution is -2.43. The monoisotopic (exact) mass is 233 g/mol. The molecule has 3 atom stereocenters. The second-order valence-electron chi connectivity index (χ2n) is 5.26. The van der Waals surface area contributed by atoms with Crippen LogP contribution in [0.2, 0.25) is 0 Å². The molecule has 17 heavy (non-hydrogen) atoms. The minimum absolute atomic E-state index is 0.170. The lowest BCUT2D eigenvalue weighted by Gasteiger charge is -2.31. The number of rotatable bonds is 3. The van der Waals surface area contributed by atoms with Crippen molar-refractivity contribution in [1.29, 1.82) is 0 Å². The van der Waals surface area contributed by atoms with Gasteiger partial charge in [0, 0.05) is 12.1 Å². The predicted octanol–water partition coefficient (Wildman–Crippen LogP) is 2.95. The minimum atomic E-state index is -0.170. The van der Waals surface area contributed by atoms with E-state index >= 15 is 0 Å². The average Bonchev–Trinajstić information content (AvgIpc) is 2.32. The van der Waals surface area contributed by atoms with E-state index in [0.29, 0.717) is 6.04 Å². The zero-order valence-corrected chi connectivity index (χ0v) is 10.8. The van der Waals surface area contributed by atoms with Crippen molar-refractivity contribution in [3.63, 3.8) is 0 Å². The third kappa shape index (κ3) is 3.30. The zero-order valence-electron chi connectivity index (χ0n) is 10.8. The van der Waals surface area contributed by atoms with Crippen molar-refractivity contribution in [3.05, 3.63) is 35.4 Å². The average molecular weight is 233 g/mol. The third-order valence-corrected chi connectivity index (χ3v) is 3.74. The van der Waals surface area contributed by atoms with Crippen LogP contribution in [0.5, 0.6) is 0 Å². The lowest BCUT2D eigenvalue weighted by atomic mass is 9.91. The molecule has 0 amide bonds. The van der Waals surface area contributed by atoms with E-state index in [-0.39, 0.29) is 12.1 Å². The Labute approximate surface area is 104 Å². The van der Waals surface area contributed by atoms with E-state index in [0.717, 1.165) is 19.3 Å². The minimum Gasteiger partial charge on any atom is -0.392 e. The van der Waals surface area contributed by atoms with Crippen LogP contribution < -0.4 is 5.32 Å². The van der Waals surface area contributed by atoms with Gasteiger partial charge in [0.1, 0.15) is 0 Å². The quantitative estimate of drug-likeness (QED) is 0.841. The Morgan fingerprint density at radius 3 is 2.76 bits per heavy atom. The highest BCUT2D eigenvalue weighted by atomic mass is 16.3. The molecule has 1 saturated carbocycles. The maximum absolute atomic E-state index is 9.96. The Morgan fingerprint density at radius 2 is 2.06 bits per heavy atom. The van der Waals surface area contributed by atoms with Crippen molar-refractivity contribution in [3.8, 4) is 0 Å². The second kappa shape index (κ2) is 5.65. The highest BCUT2D eigenvalue weighted by Gasteiger charge is 2.24. The molecule has 0 radical (unpaired) electrons. The normalized spacial score (nSPS) is 26.8. The first-order valence-corrected chi connectivity index (χ1v) is 6.67. The van der Waals surface area contributed by atoms with Gasteiger partial charge in [-0.15, -0.1) is 0 Å². The number of benzene rings is 1. The van der Waals surface area contributed by atoms with Crippen LogP contribution in [0.25, 0.3) is 0 Å². The maximum atomic E-state index is 9.96. The third-order valence-electron chi connectivity index (χ3n) is 3.74. The number of aliphatic hydroxyl groups is 1. The topological polar surface area (TPSA) is 32.3 Å². The van der Waals surface area contributed by atoms with Gasteiger partial charge >= 0.3 is 0 Å². The van der Waals surface area contributed by atoms with Crippen LogP contribution in [0.4, 0.5) is 0 Å². The fourth-order valence-corrected chi connectivity index (χ4v) is 2.66. The van der Waals surface area contributed by atoms with Crippen molar-refractivity contribution in [2.75, 3.05) is 0 Å². The molecule has 1 aromatic rings. The van der Waals surface area contributed by atoms with Crippen molar-refractivity contribution in [2.45, 2.75) is 57.7 Å². The van der Waals surface area contributed by atoms with Crippen LogP contribution in [0.3, 0.4) is 0 Å². The molecule has 2 N–H and O–H groups in total. The number of hydrogen-bond donors (Lipinski definition) is 2. The van der Waals surface area contributed by atoms with E-state index in [1.807, 2.05) is 0 Å². The Balaban J connectivity index is 1.98. The van der Waals surface area contributed by atoms with Gasteiger partial charge in [-0.3, -0.25) is 0 Å². The molecule has 1 aliphatic rings. The number of aryl methyl sites for hydroxylation is 1. The Morgan fingerprint density at radius 1 is 1.29 bits per heavy atom. The van der Waals surface area contributed by atoms with Crippen LogP contribution in [0.15, 0.2) is 24.3 Å². The molecule has 2 rings (SSSR count). The Bertz CT molecular complexity index is 364. The van der Waals surface area contributed by atoms with E-state index in [1.165, 1.54) is 17.5 Å². The molecule has 0 heterocycles. The summed E-state index contributed by atoms with van der Waals surface area (Å²) in [4.78, 5) is 0. The van der Waals surface area contributed by atoms with Gasteiger partial charge in [-0.25, -0.2) is 0 Å². The first-order chi connectivity index (χ1) is 8.16. The van der Waals surface area contributed by atoms with Crippen LogP contribution in [0, 0.1) is 6.92 Å². The van der Waals surface area contributed by atoms with E-state index in [1.54, 1.807) is 0 Å². The SMILES string of the molecule is Cc1cccc([C@H](C)N[C@H]2CCCC[C@@H]2O)c1. The molecule has 0 spiro atoms. The summed E-state index contributed by atoms with van der Waals surface area (Å²) in [6, 6.07) is 9.16. The van der Waals surface area contributed by atoms with Crippen LogP contribution in [0.1, 0.15) is 49.8 Å². The summed E-state index contributed by atoms with van der Waals surface area (Å²) >= 11 is 0. The molecule has 1 aliphatic carbocycles. The smallest absolute Gasteiger partial charge is 0.0693 e. The highest BCUT2D eigenvalue weighted by Crippen LogP contribution is 2.22. The lowest BCUT2D eigenvalue weighted by molar-refractivity contribution is 0.0860. The van der Waals surface area contributed by atoms with Crippen molar-refractivity contribution >= 4 is 0 Å². The van der Waals surface area contributed by atoms with Crippen LogP contribution >= 0.6 is 0 Å².